The topological polar surface area (TPSA) is 47.9 Å². The standard InChI is InChI=1S/C26H20F5NO3/c1-2-34-25(33)19-14-22(23-20(27)4-3-5-21(23)28)32-24(19)17-8-6-15(7-9-17)16-10-12-18(13-11-16)35-26(29,30)31/h3-13,19,24H,2,14H2,1H3/t19-,24?/m0/s1. The fraction of sp³-hybridized carbons (Fsp3) is 0.231. The second-order valence-corrected chi connectivity index (χ2v) is 7.87. The number of carbonyl (C=O) groups is 1. The first-order valence-corrected chi connectivity index (χ1v) is 10.8. The highest BCUT2D eigenvalue weighted by molar-refractivity contribution is 6.04. The molecular formula is C26H20F5NO3. The minimum Gasteiger partial charge on any atom is -0.466 e. The van der Waals surface area contributed by atoms with Crippen molar-refractivity contribution < 1.29 is 36.2 Å². The highest BCUT2D eigenvalue weighted by atomic mass is 19.4. The molecule has 1 aliphatic heterocycles. The van der Waals surface area contributed by atoms with Crippen LogP contribution in [0.15, 0.2) is 71.7 Å². The Hall–Kier alpha value is -3.75. The van der Waals surface area contributed by atoms with Gasteiger partial charge in [0.1, 0.15) is 17.4 Å². The van der Waals surface area contributed by atoms with Gasteiger partial charge in [-0.3, -0.25) is 9.79 Å². The largest absolute Gasteiger partial charge is 0.573 e. The Bertz CT molecular complexity index is 1220. The average Bonchev–Trinajstić information content (AvgIpc) is 3.24. The average molecular weight is 489 g/mol. The van der Waals surface area contributed by atoms with Crippen molar-refractivity contribution in [3.63, 3.8) is 0 Å². The summed E-state index contributed by atoms with van der Waals surface area (Å²) in [5, 5.41) is 0. The number of hydrogen-bond donors (Lipinski definition) is 0. The number of alkyl halides is 3. The van der Waals surface area contributed by atoms with Gasteiger partial charge in [0.15, 0.2) is 0 Å². The molecule has 1 unspecified atom stereocenters. The second kappa shape index (κ2) is 9.85. The van der Waals surface area contributed by atoms with Crippen LogP contribution in [0.5, 0.6) is 5.75 Å². The molecule has 4 rings (SSSR count). The van der Waals surface area contributed by atoms with E-state index in [9.17, 15) is 26.7 Å². The van der Waals surface area contributed by atoms with Gasteiger partial charge in [-0.1, -0.05) is 42.5 Å². The van der Waals surface area contributed by atoms with Crippen LogP contribution in [0.2, 0.25) is 0 Å². The molecule has 3 aromatic rings. The van der Waals surface area contributed by atoms with Crippen molar-refractivity contribution >= 4 is 11.7 Å². The first-order valence-electron chi connectivity index (χ1n) is 10.8. The molecule has 1 heterocycles. The molecule has 3 aromatic carbocycles. The molecule has 35 heavy (non-hydrogen) atoms. The van der Waals surface area contributed by atoms with E-state index < -0.39 is 35.9 Å². The number of ether oxygens (including phenoxy) is 2. The summed E-state index contributed by atoms with van der Waals surface area (Å²) in [6, 6.07) is 15.1. The van der Waals surface area contributed by atoms with Gasteiger partial charge in [-0.25, -0.2) is 8.78 Å². The molecular weight excluding hydrogens is 469 g/mol. The zero-order valence-electron chi connectivity index (χ0n) is 18.5. The Balaban J connectivity index is 1.62. The lowest BCUT2D eigenvalue weighted by Gasteiger charge is -2.17. The van der Waals surface area contributed by atoms with Gasteiger partial charge in [0.2, 0.25) is 0 Å². The van der Waals surface area contributed by atoms with Crippen molar-refractivity contribution in [3.8, 4) is 16.9 Å². The number of rotatable bonds is 6. The van der Waals surface area contributed by atoms with E-state index in [0.717, 1.165) is 12.1 Å². The van der Waals surface area contributed by atoms with Crippen molar-refractivity contribution in [1.82, 2.24) is 0 Å². The fourth-order valence-corrected chi connectivity index (χ4v) is 4.06. The summed E-state index contributed by atoms with van der Waals surface area (Å²) < 4.78 is 74.9. The Morgan fingerprint density at radius 3 is 2.06 bits per heavy atom. The molecule has 9 heteroatoms. The molecule has 0 N–H and O–H groups in total. The van der Waals surface area contributed by atoms with Crippen LogP contribution >= 0.6 is 0 Å². The minimum atomic E-state index is -4.77. The van der Waals surface area contributed by atoms with Gasteiger partial charge in [-0.15, -0.1) is 13.2 Å². The smallest absolute Gasteiger partial charge is 0.466 e. The van der Waals surface area contributed by atoms with E-state index >= 15 is 0 Å². The Morgan fingerprint density at radius 1 is 0.943 bits per heavy atom. The number of carbonyl (C=O) groups excluding carboxylic acids is 1. The third-order valence-electron chi connectivity index (χ3n) is 5.60. The molecule has 2 atom stereocenters. The van der Waals surface area contributed by atoms with Crippen LogP contribution in [0.1, 0.15) is 30.5 Å². The lowest BCUT2D eigenvalue weighted by Crippen LogP contribution is -2.22. The normalized spacial score (nSPS) is 17.7. The van der Waals surface area contributed by atoms with Gasteiger partial charge in [-0.2, -0.15) is 0 Å². The van der Waals surface area contributed by atoms with Gasteiger partial charge < -0.3 is 9.47 Å². The molecule has 0 amide bonds. The second-order valence-electron chi connectivity index (χ2n) is 7.87. The maximum absolute atomic E-state index is 14.4. The molecule has 0 fully saturated rings. The van der Waals surface area contributed by atoms with E-state index in [0.29, 0.717) is 16.7 Å². The number of aliphatic imine (C=N–C) groups is 1. The van der Waals surface area contributed by atoms with E-state index in [-0.39, 0.29) is 30.1 Å². The number of halogens is 5. The van der Waals surface area contributed by atoms with Crippen molar-refractivity contribution in [3.05, 3.63) is 89.5 Å². The molecule has 0 aliphatic carbocycles. The SMILES string of the molecule is CCOC(=O)[C@H]1CC(c2c(F)cccc2F)=NC1c1ccc(-c2ccc(OC(F)(F)F)cc2)cc1. The van der Waals surface area contributed by atoms with Crippen LogP contribution < -0.4 is 4.74 Å². The minimum absolute atomic E-state index is 0.0176. The maximum atomic E-state index is 14.4. The van der Waals surface area contributed by atoms with Gasteiger partial charge >= 0.3 is 12.3 Å². The molecule has 0 aromatic heterocycles. The van der Waals surface area contributed by atoms with Gasteiger partial charge in [-0.05, 0) is 47.9 Å². The van der Waals surface area contributed by atoms with Crippen LogP contribution in [-0.4, -0.2) is 24.7 Å². The quantitative estimate of drug-likeness (QED) is 0.288. The number of hydrogen-bond acceptors (Lipinski definition) is 4. The summed E-state index contributed by atoms with van der Waals surface area (Å²) in [4.78, 5) is 17.1. The van der Waals surface area contributed by atoms with Gasteiger partial charge in [0.25, 0.3) is 0 Å². The highest BCUT2D eigenvalue weighted by Gasteiger charge is 2.38. The summed E-state index contributed by atoms with van der Waals surface area (Å²) in [6.45, 7) is 1.82. The van der Waals surface area contributed by atoms with Crippen LogP contribution in [-0.2, 0) is 9.53 Å². The highest BCUT2D eigenvalue weighted by Crippen LogP contribution is 2.39. The van der Waals surface area contributed by atoms with Crippen molar-refractivity contribution in [2.45, 2.75) is 25.7 Å². The van der Waals surface area contributed by atoms with Gasteiger partial charge in [0, 0.05) is 12.1 Å². The van der Waals surface area contributed by atoms with E-state index in [1.807, 2.05) is 0 Å². The Kier molecular flexibility index (Phi) is 6.86. The summed E-state index contributed by atoms with van der Waals surface area (Å²) >= 11 is 0. The monoisotopic (exact) mass is 489 g/mol. The summed E-state index contributed by atoms with van der Waals surface area (Å²) in [7, 11) is 0. The molecule has 0 saturated carbocycles. The first kappa shape index (κ1) is 24.4. The molecule has 0 radical (unpaired) electrons. The third kappa shape index (κ3) is 5.50. The van der Waals surface area contributed by atoms with E-state index in [1.165, 1.54) is 30.3 Å². The molecule has 182 valence electrons. The summed E-state index contributed by atoms with van der Waals surface area (Å²) in [5.41, 5.74) is 1.88. The van der Waals surface area contributed by atoms with Crippen LogP contribution in [0.25, 0.3) is 11.1 Å². The predicted octanol–water partition coefficient (Wildman–Crippen LogP) is 6.64. The summed E-state index contributed by atoms with van der Waals surface area (Å²) in [6.07, 6.45) is -4.76. The fourth-order valence-electron chi connectivity index (χ4n) is 4.06. The molecule has 0 spiro atoms. The summed E-state index contributed by atoms with van der Waals surface area (Å²) in [5.74, 6) is -3.13. The Morgan fingerprint density at radius 2 is 1.51 bits per heavy atom. The predicted molar refractivity (Wildman–Crippen MR) is 119 cm³/mol. The van der Waals surface area contributed by atoms with E-state index in [2.05, 4.69) is 9.73 Å². The number of benzene rings is 3. The molecule has 0 saturated heterocycles. The third-order valence-corrected chi connectivity index (χ3v) is 5.60. The number of nitrogens with zero attached hydrogens (tertiary/aromatic N) is 1. The van der Waals surface area contributed by atoms with Crippen LogP contribution in [0.3, 0.4) is 0 Å². The van der Waals surface area contributed by atoms with Crippen molar-refractivity contribution in [1.29, 1.82) is 0 Å². The number of esters is 1. The van der Waals surface area contributed by atoms with E-state index in [4.69, 9.17) is 4.74 Å². The molecule has 1 aliphatic rings. The van der Waals surface area contributed by atoms with E-state index in [1.54, 1.807) is 31.2 Å². The Labute approximate surface area is 198 Å². The zero-order chi connectivity index (χ0) is 25.2. The molecule has 4 nitrogen and oxygen atoms in total. The molecule has 0 bridgehead atoms. The maximum Gasteiger partial charge on any atom is 0.573 e. The van der Waals surface area contributed by atoms with Crippen molar-refractivity contribution in [2.75, 3.05) is 6.61 Å². The zero-order valence-corrected chi connectivity index (χ0v) is 18.5. The van der Waals surface area contributed by atoms with Crippen LogP contribution in [0, 0.1) is 17.6 Å². The van der Waals surface area contributed by atoms with Crippen molar-refractivity contribution in [2.24, 2.45) is 10.9 Å². The lowest BCUT2D eigenvalue weighted by atomic mass is 9.90. The van der Waals surface area contributed by atoms with Gasteiger partial charge in [0.05, 0.1) is 24.1 Å². The van der Waals surface area contributed by atoms with Crippen LogP contribution in [0.4, 0.5) is 22.0 Å². The lowest BCUT2D eigenvalue weighted by molar-refractivity contribution is -0.274. The first-order chi connectivity index (χ1) is 16.7.